The predicted octanol–water partition coefficient (Wildman–Crippen LogP) is 5.45. The van der Waals surface area contributed by atoms with Gasteiger partial charge in [-0.05, 0) is 54.1 Å². The molecule has 0 atom stereocenters. The van der Waals surface area contributed by atoms with Crippen LogP contribution in [0.5, 0.6) is 5.75 Å². The van der Waals surface area contributed by atoms with E-state index in [1.807, 2.05) is 90.5 Å². The highest BCUT2D eigenvalue weighted by atomic mass is 35.5. The van der Waals surface area contributed by atoms with Crippen LogP contribution in [-0.4, -0.2) is 26.4 Å². The van der Waals surface area contributed by atoms with Crippen LogP contribution in [0.15, 0.2) is 84.0 Å². The Hall–Kier alpha value is -3.29. The van der Waals surface area contributed by atoms with E-state index >= 15 is 0 Å². The van der Waals surface area contributed by atoms with Crippen molar-refractivity contribution in [1.29, 1.82) is 0 Å². The van der Waals surface area contributed by atoms with Gasteiger partial charge in [-0.2, -0.15) is 0 Å². The average molecular weight is 465 g/mol. The van der Waals surface area contributed by atoms with E-state index in [0.29, 0.717) is 22.5 Å². The number of halogens is 1. The van der Waals surface area contributed by atoms with Crippen LogP contribution in [0.4, 0.5) is 5.69 Å². The van der Waals surface area contributed by atoms with Crippen molar-refractivity contribution in [2.24, 2.45) is 7.05 Å². The topological polar surface area (TPSA) is 69.0 Å². The summed E-state index contributed by atoms with van der Waals surface area (Å²) in [7, 11) is 1.87. The van der Waals surface area contributed by atoms with E-state index in [0.717, 1.165) is 22.7 Å². The summed E-state index contributed by atoms with van der Waals surface area (Å²) in [5.41, 5.74) is 2.72. The van der Waals surface area contributed by atoms with Crippen LogP contribution in [0.25, 0.3) is 11.4 Å². The molecule has 3 aromatic carbocycles. The van der Waals surface area contributed by atoms with Crippen molar-refractivity contribution < 1.29 is 9.53 Å². The molecule has 0 saturated heterocycles. The molecule has 1 amide bonds. The lowest BCUT2D eigenvalue weighted by Crippen LogP contribution is -2.14. The SMILES string of the molecule is Cn1c(SCC(=O)Nc2ccc(OCc3ccccc3)cc2)nnc1-c1ccc(Cl)cc1. The van der Waals surface area contributed by atoms with Gasteiger partial charge in [0.15, 0.2) is 11.0 Å². The number of carbonyl (C=O) groups excluding carboxylic acids is 1. The molecular weight excluding hydrogens is 444 g/mol. The molecule has 0 radical (unpaired) electrons. The summed E-state index contributed by atoms with van der Waals surface area (Å²) < 4.78 is 7.63. The van der Waals surface area contributed by atoms with Crippen molar-refractivity contribution in [3.05, 3.63) is 89.4 Å². The Morgan fingerprint density at radius 1 is 1.00 bits per heavy atom. The van der Waals surface area contributed by atoms with Crippen LogP contribution >= 0.6 is 23.4 Å². The van der Waals surface area contributed by atoms with Gasteiger partial charge in [0.25, 0.3) is 0 Å². The summed E-state index contributed by atoms with van der Waals surface area (Å²) in [5, 5.41) is 12.6. The highest BCUT2D eigenvalue weighted by molar-refractivity contribution is 7.99. The third-order valence-electron chi connectivity index (χ3n) is 4.66. The van der Waals surface area contributed by atoms with Crippen molar-refractivity contribution in [2.75, 3.05) is 11.1 Å². The molecule has 0 saturated carbocycles. The van der Waals surface area contributed by atoms with Crippen LogP contribution in [0.3, 0.4) is 0 Å². The quantitative estimate of drug-likeness (QED) is 0.351. The molecule has 0 bridgehead atoms. The summed E-state index contributed by atoms with van der Waals surface area (Å²) in [4.78, 5) is 12.4. The lowest BCUT2D eigenvalue weighted by atomic mass is 10.2. The van der Waals surface area contributed by atoms with E-state index in [-0.39, 0.29) is 11.7 Å². The molecule has 0 aliphatic rings. The molecule has 4 aromatic rings. The molecule has 0 spiro atoms. The molecule has 6 nitrogen and oxygen atoms in total. The van der Waals surface area contributed by atoms with Crippen molar-refractivity contribution in [3.63, 3.8) is 0 Å². The summed E-state index contributed by atoms with van der Waals surface area (Å²) in [5.74, 6) is 1.56. The fraction of sp³-hybridized carbons (Fsp3) is 0.125. The molecule has 32 heavy (non-hydrogen) atoms. The van der Waals surface area contributed by atoms with Gasteiger partial charge >= 0.3 is 0 Å². The molecule has 0 aliphatic carbocycles. The minimum atomic E-state index is -0.121. The van der Waals surface area contributed by atoms with Gasteiger partial charge in [-0.15, -0.1) is 10.2 Å². The third kappa shape index (κ3) is 5.69. The Kier molecular flexibility index (Phi) is 7.09. The summed E-state index contributed by atoms with van der Waals surface area (Å²) >= 11 is 7.28. The molecule has 1 N–H and O–H groups in total. The lowest BCUT2D eigenvalue weighted by Gasteiger charge is -2.08. The standard InChI is InChI=1S/C24H21ClN4O2S/c1-29-23(18-7-9-19(25)10-8-18)27-28-24(29)32-16-22(30)26-20-11-13-21(14-12-20)31-15-17-5-3-2-4-6-17/h2-14H,15-16H2,1H3,(H,26,30). The van der Waals surface area contributed by atoms with Gasteiger partial charge in [-0.1, -0.05) is 53.7 Å². The van der Waals surface area contributed by atoms with Crippen molar-refractivity contribution >= 4 is 35.0 Å². The zero-order chi connectivity index (χ0) is 22.3. The first-order valence-electron chi connectivity index (χ1n) is 9.93. The van der Waals surface area contributed by atoms with Gasteiger partial charge in [0.05, 0.1) is 5.75 Å². The number of nitrogens with zero attached hydrogens (tertiary/aromatic N) is 3. The molecule has 162 valence electrons. The molecule has 1 heterocycles. The monoisotopic (exact) mass is 464 g/mol. The molecule has 1 aromatic heterocycles. The number of ether oxygens (including phenoxy) is 1. The number of anilines is 1. The van der Waals surface area contributed by atoms with Gasteiger partial charge in [0, 0.05) is 23.3 Å². The maximum atomic E-state index is 12.4. The molecular formula is C24H21ClN4O2S. The van der Waals surface area contributed by atoms with Crippen molar-refractivity contribution in [2.45, 2.75) is 11.8 Å². The number of hydrogen-bond acceptors (Lipinski definition) is 5. The van der Waals surface area contributed by atoms with Crippen LogP contribution < -0.4 is 10.1 Å². The van der Waals surface area contributed by atoms with E-state index in [4.69, 9.17) is 16.3 Å². The minimum Gasteiger partial charge on any atom is -0.489 e. The Morgan fingerprint density at radius 3 is 2.44 bits per heavy atom. The number of hydrogen-bond donors (Lipinski definition) is 1. The number of thioether (sulfide) groups is 1. The Bertz CT molecular complexity index is 1180. The van der Waals surface area contributed by atoms with Crippen LogP contribution in [-0.2, 0) is 18.4 Å². The van der Waals surface area contributed by atoms with Gasteiger partial charge < -0.3 is 14.6 Å². The Balaban J connectivity index is 1.28. The van der Waals surface area contributed by atoms with E-state index in [9.17, 15) is 4.79 Å². The number of aromatic nitrogens is 3. The van der Waals surface area contributed by atoms with E-state index in [1.165, 1.54) is 11.8 Å². The fourth-order valence-electron chi connectivity index (χ4n) is 2.99. The molecule has 8 heteroatoms. The van der Waals surface area contributed by atoms with Crippen molar-refractivity contribution in [1.82, 2.24) is 14.8 Å². The first-order valence-corrected chi connectivity index (χ1v) is 11.3. The summed E-state index contributed by atoms with van der Waals surface area (Å²) in [6, 6.07) is 24.7. The van der Waals surface area contributed by atoms with Gasteiger partial charge in [0.2, 0.25) is 5.91 Å². The number of amides is 1. The fourth-order valence-corrected chi connectivity index (χ4v) is 3.83. The second-order valence-corrected chi connectivity index (χ2v) is 8.39. The first-order chi connectivity index (χ1) is 15.6. The van der Waals surface area contributed by atoms with Crippen LogP contribution in [0.2, 0.25) is 5.02 Å². The zero-order valence-corrected chi connectivity index (χ0v) is 18.9. The number of nitrogens with one attached hydrogen (secondary N) is 1. The highest BCUT2D eigenvalue weighted by Crippen LogP contribution is 2.24. The normalized spacial score (nSPS) is 10.7. The predicted molar refractivity (Wildman–Crippen MR) is 128 cm³/mol. The lowest BCUT2D eigenvalue weighted by molar-refractivity contribution is -0.113. The maximum Gasteiger partial charge on any atom is 0.234 e. The number of rotatable bonds is 8. The highest BCUT2D eigenvalue weighted by Gasteiger charge is 2.13. The number of carbonyl (C=O) groups is 1. The molecule has 0 aliphatic heterocycles. The first kappa shape index (κ1) is 21.9. The van der Waals surface area contributed by atoms with Gasteiger partial charge in [-0.25, -0.2) is 0 Å². The van der Waals surface area contributed by atoms with E-state index in [1.54, 1.807) is 0 Å². The van der Waals surface area contributed by atoms with Crippen molar-refractivity contribution in [3.8, 4) is 17.1 Å². The third-order valence-corrected chi connectivity index (χ3v) is 5.93. The Morgan fingerprint density at radius 2 is 1.72 bits per heavy atom. The van der Waals surface area contributed by atoms with Gasteiger partial charge in [-0.3, -0.25) is 4.79 Å². The zero-order valence-electron chi connectivity index (χ0n) is 17.4. The van der Waals surface area contributed by atoms with E-state index in [2.05, 4.69) is 15.5 Å². The maximum absolute atomic E-state index is 12.4. The molecule has 0 fully saturated rings. The molecule has 4 rings (SSSR count). The Labute approximate surface area is 195 Å². The second kappa shape index (κ2) is 10.3. The average Bonchev–Trinajstić information content (AvgIpc) is 3.18. The van der Waals surface area contributed by atoms with E-state index < -0.39 is 0 Å². The smallest absolute Gasteiger partial charge is 0.234 e. The summed E-state index contributed by atoms with van der Waals surface area (Å²) in [6.07, 6.45) is 0. The molecule has 0 unspecified atom stereocenters. The largest absolute Gasteiger partial charge is 0.489 e. The number of benzene rings is 3. The minimum absolute atomic E-state index is 0.121. The second-order valence-electron chi connectivity index (χ2n) is 7.01. The van der Waals surface area contributed by atoms with Gasteiger partial charge in [0.1, 0.15) is 12.4 Å². The van der Waals surface area contributed by atoms with Crippen LogP contribution in [0, 0.1) is 0 Å². The van der Waals surface area contributed by atoms with Crippen LogP contribution in [0.1, 0.15) is 5.56 Å². The summed E-state index contributed by atoms with van der Waals surface area (Å²) in [6.45, 7) is 0.499.